The van der Waals surface area contributed by atoms with Crippen LogP contribution < -0.4 is 9.64 Å². The molecule has 162 valence electrons. The van der Waals surface area contributed by atoms with Crippen LogP contribution in [0, 0.1) is 5.41 Å². The first-order chi connectivity index (χ1) is 15.6. The summed E-state index contributed by atoms with van der Waals surface area (Å²) in [6.07, 6.45) is 8.81. The largest absolute Gasteiger partial charge is 0.491 e. The first-order valence-corrected chi connectivity index (χ1v) is 11.4. The van der Waals surface area contributed by atoms with Crippen molar-refractivity contribution in [3.8, 4) is 16.9 Å². The van der Waals surface area contributed by atoms with Crippen LogP contribution in [0.4, 0.5) is 5.82 Å². The maximum atomic E-state index is 6.13. The van der Waals surface area contributed by atoms with Gasteiger partial charge in [0.05, 0.1) is 18.8 Å². The number of rotatable bonds is 2. The highest BCUT2D eigenvalue weighted by Crippen LogP contribution is 2.39. The van der Waals surface area contributed by atoms with Gasteiger partial charge >= 0.3 is 0 Å². The minimum Gasteiger partial charge on any atom is -0.491 e. The van der Waals surface area contributed by atoms with E-state index in [1.54, 1.807) is 6.33 Å². The summed E-state index contributed by atoms with van der Waals surface area (Å²) in [5, 5.41) is 0. The van der Waals surface area contributed by atoms with Crippen LogP contribution >= 0.6 is 0 Å². The minimum atomic E-state index is 0.282. The van der Waals surface area contributed by atoms with Gasteiger partial charge in [-0.15, -0.1) is 0 Å². The minimum absolute atomic E-state index is 0.282. The van der Waals surface area contributed by atoms with Crippen molar-refractivity contribution in [3.63, 3.8) is 0 Å². The maximum absolute atomic E-state index is 6.13. The van der Waals surface area contributed by atoms with Gasteiger partial charge in [0.25, 0.3) is 0 Å². The SMILES string of the molecule is CC1(C)CCc2ncnc(N3CCOc4ccc(-c5cnc6c(c5)C=NC6)cc4C3)c2C1. The molecule has 3 aromatic rings. The lowest BCUT2D eigenvalue weighted by molar-refractivity contribution is 0.310. The van der Waals surface area contributed by atoms with Crippen LogP contribution in [0.1, 0.15) is 48.3 Å². The molecule has 0 atom stereocenters. The maximum Gasteiger partial charge on any atom is 0.135 e. The van der Waals surface area contributed by atoms with Crippen LogP contribution in [0.3, 0.4) is 0 Å². The lowest BCUT2D eigenvalue weighted by Crippen LogP contribution is -2.31. The Balaban J connectivity index is 1.35. The number of benzene rings is 1. The molecule has 1 aliphatic carbocycles. The predicted molar refractivity (Wildman–Crippen MR) is 125 cm³/mol. The van der Waals surface area contributed by atoms with Crippen molar-refractivity contribution >= 4 is 12.0 Å². The molecule has 0 fully saturated rings. The molecule has 3 aliphatic rings. The fourth-order valence-corrected chi connectivity index (χ4v) is 5.03. The second-order valence-corrected chi connectivity index (χ2v) is 9.79. The average Bonchev–Trinajstić information content (AvgIpc) is 3.16. The Morgan fingerprint density at radius 3 is 2.91 bits per heavy atom. The number of nitrogens with zero attached hydrogens (tertiary/aromatic N) is 5. The Morgan fingerprint density at radius 2 is 1.97 bits per heavy atom. The number of hydrogen-bond acceptors (Lipinski definition) is 6. The molecule has 6 heteroatoms. The molecule has 4 heterocycles. The van der Waals surface area contributed by atoms with Gasteiger partial charge in [-0.05, 0) is 48.4 Å². The molecule has 6 rings (SSSR count). The van der Waals surface area contributed by atoms with Gasteiger partial charge in [0.2, 0.25) is 0 Å². The molecule has 0 amide bonds. The molecule has 2 aromatic heterocycles. The van der Waals surface area contributed by atoms with Crippen LogP contribution in [-0.4, -0.2) is 34.3 Å². The summed E-state index contributed by atoms with van der Waals surface area (Å²) < 4.78 is 6.13. The summed E-state index contributed by atoms with van der Waals surface area (Å²) in [5.41, 5.74) is 8.40. The standard InChI is InChI=1S/C26H27N5O/c1-26(2)6-5-22-21(11-26)25(30-16-29-22)31-7-8-32-24-4-3-17(9-20(24)15-31)18-10-19-12-27-14-23(19)28-13-18/h3-4,9-10,12-13,16H,5-8,11,14-15H2,1-2H3. The highest BCUT2D eigenvalue weighted by Gasteiger charge is 2.30. The van der Waals surface area contributed by atoms with E-state index in [0.717, 1.165) is 59.9 Å². The smallest absolute Gasteiger partial charge is 0.135 e. The van der Waals surface area contributed by atoms with Crippen LogP contribution in [0.2, 0.25) is 0 Å². The van der Waals surface area contributed by atoms with Crippen molar-refractivity contribution in [1.29, 1.82) is 0 Å². The Kier molecular flexibility index (Phi) is 4.49. The fourth-order valence-electron chi connectivity index (χ4n) is 5.03. The van der Waals surface area contributed by atoms with Gasteiger partial charge in [0, 0.05) is 46.9 Å². The van der Waals surface area contributed by atoms with Crippen molar-refractivity contribution in [2.75, 3.05) is 18.1 Å². The van der Waals surface area contributed by atoms with Crippen molar-refractivity contribution in [2.24, 2.45) is 10.4 Å². The number of ether oxygens (including phenoxy) is 1. The summed E-state index contributed by atoms with van der Waals surface area (Å²) in [6, 6.07) is 8.63. The predicted octanol–water partition coefficient (Wildman–Crippen LogP) is 4.39. The number of pyridine rings is 1. The Labute approximate surface area is 188 Å². The van der Waals surface area contributed by atoms with E-state index >= 15 is 0 Å². The molecule has 0 N–H and O–H groups in total. The van der Waals surface area contributed by atoms with E-state index in [2.05, 4.69) is 58.0 Å². The highest BCUT2D eigenvalue weighted by atomic mass is 16.5. The first kappa shape index (κ1) is 19.4. The molecule has 0 saturated carbocycles. The van der Waals surface area contributed by atoms with Gasteiger partial charge in [-0.1, -0.05) is 19.9 Å². The summed E-state index contributed by atoms with van der Waals surface area (Å²) in [6.45, 7) is 7.59. The zero-order valence-corrected chi connectivity index (χ0v) is 18.6. The van der Waals surface area contributed by atoms with E-state index in [-0.39, 0.29) is 5.41 Å². The van der Waals surface area contributed by atoms with E-state index in [1.165, 1.54) is 23.2 Å². The Hall–Kier alpha value is -3.28. The number of aromatic nitrogens is 3. The molecule has 6 nitrogen and oxygen atoms in total. The van der Waals surface area contributed by atoms with E-state index in [0.29, 0.717) is 13.2 Å². The van der Waals surface area contributed by atoms with Crippen molar-refractivity contribution < 1.29 is 4.74 Å². The summed E-state index contributed by atoms with van der Waals surface area (Å²) in [5.74, 6) is 2.02. The van der Waals surface area contributed by atoms with E-state index < -0.39 is 0 Å². The van der Waals surface area contributed by atoms with Crippen molar-refractivity contribution in [1.82, 2.24) is 15.0 Å². The molecule has 1 aromatic carbocycles. The Bertz CT molecular complexity index is 1230. The van der Waals surface area contributed by atoms with Crippen LogP contribution in [-0.2, 0) is 25.9 Å². The Morgan fingerprint density at radius 1 is 1.03 bits per heavy atom. The van der Waals surface area contributed by atoms with Gasteiger partial charge in [0.1, 0.15) is 24.5 Å². The first-order valence-electron chi connectivity index (χ1n) is 11.4. The number of anilines is 1. The summed E-state index contributed by atoms with van der Waals surface area (Å²) >= 11 is 0. The van der Waals surface area contributed by atoms with Gasteiger partial charge in [-0.3, -0.25) is 9.98 Å². The number of aliphatic imine (C=N–C) groups is 1. The monoisotopic (exact) mass is 425 g/mol. The fraction of sp³-hybridized carbons (Fsp3) is 0.385. The third-order valence-corrected chi connectivity index (χ3v) is 6.85. The van der Waals surface area contributed by atoms with Crippen LogP contribution in [0.5, 0.6) is 5.75 Å². The van der Waals surface area contributed by atoms with Gasteiger partial charge in [-0.25, -0.2) is 9.97 Å². The highest BCUT2D eigenvalue weighted by molar-refractivity contribution is 5.86. The third kappa shape index (κ3) is 3.44. The molecular formula is C26H27N5O. The van der Waals surface area contributed by atoms with E-state index in [4.69, 9.17) is 9.72 Å². The lowest BCUT2D eigenvalue weighted by atomic mass is 9.76. The lowest BCUT2D eigenvalue weighted by Gasteiger charge is -2.33. The third-order valence-electron chi connectivity index (χ3n) is 6.85. The number of aryl methyl sites for hydroxylation is 1. The normalized spacial score (nSPS) is 18.4. The molecule has 2 aliphatic heterocycles. The molecular weight excluding hydrogens is 398 g/mol. The van der Waals surface area contributed by atoms with Gasteiger partial charge < -0.3 is 9.64 Å². The van der Waals surface area contributed by atoms with Gasteiger partial charge in [0.15, 0.2) is 0 Å². The van der Waals surface area contributed by atoms with E-state index in [9.17, 15) is 0 Å². The van der Waals surface area contributed by atoms with Crippen molar-refractivity contribution in [2.45, 2.75) is 46.2 Å². The second kappa shape index (κ2) is 7.40. The quantitative estimate of drug-likeness (QED) is 0.610. The molecule has 0 unspecified atom stereocenters. The number of hydrogen-bond donors (Lipinski definition) is 0. The second-order valence-electron chi connectivity index (χ2n) is 9.79. The number of fused-ring (bicyclic) bond motifs is 3. The molecule has 0 radical (unpaired) electrons. The zero-order chi connectivity index (χ0) is 21.7. The summed E-state index contributed by atoms with van der Waals surface area (Å²) in [4.78, 5) is 20.7. The molecule has 0 saturated heterocycles. The summed E-state index contributed by atoms with van der Waals surface area (Å²) in [7, 11) is 0. The topological polar surface area (TPSA) is 63.5 Å². The zero-order valence-electron chi connectivity index (χ0n) is 18.6. The van der Waals surface area contributed by atoms with Gasteiger partial charge in [-0.2, -0.15) is 0 Å². The van der Waals surface area contributed by atoms with E-state index in [1.807, 2.05) is 12.4 Å². The molecule has 0 spiro atoms. The molecule has 32 heavy (non-hydrogen) atoms. The van der Waals surface area contributed by atoms with Crippen LogP contribution in [0.25, 0.3) is 11.1 Å². The van der Waals surface area contributed by atoms with Crippen LogP contribution in [0.15, 0.2) is 41.8 Å². The molecule has 0 bridgehead atoms. The van der Waals surface area contributed by atoms with Crippen molar-refractivity contribution in [3.05, 3.63) is 64.9 Å². The average molecular weight is 426 g/mol.